The molecule has 0 aliphatic rings. The second-order valence-corrected chi connectivity index (χ2v) is 9.28. The third-order valence-electron chi connectivity index (χ3n) is 4.79. The van der Waals surface area contributed by atoms with E-state index in [1.54, 1.807) is 12.1 Å². The first kappa shape index (κ1) is 20.7. The van der Waals surface area contributed by atoms with Crippen LogP contribution in [0.1, 0.15) is 48.0 Å². The van der Waals surface area contributed by atoms with Crippen LogP contribution in [0.4, 0.5) is 0 Å². The summed E-state index contributed by atoms with van der Waals surface area (Å²) in [7, 11) is 0. The van der Waals surface area contributed by atoms with E-state index < -0.39 is 16.8 Å². The van der Waals surface area contributed by atoms with Crippen molar-refractivity contribution >= 4 is 5.97 Å². The maximum absolute atomic E-state index is 13.1. The van der Waals surface area contributed by atoms with E-state index in [9.17, 15) is 10.1 Å². The lowest BCUT2D eigenvalue weighted by atomic mass is 9.61. The SMILES string of the molecule is CC(C)(C)CC(C#N)(C(=O)Oc1ccc(-c2ccccc2)cc1)C(C)(C)C. The molecule has 0 heterocycles. The predicted molar refractivity (Wildman–Crippen MR) is 109 cm³/mol. The van der Waals surface area contributed by atoms with Crippen LogP contribution in [0.15, 0.2) is 54.6 Å². The van der Waals surface area contributed by atoms with E-state index in [2.05, 4.69) is 6.07 Å². The molecule has 0 aliphatic carbocycles. The second-order valence-electron chi connectivity index (χ2n) is 9.28. The molecule has 0 bridgehead atoms. The topological polar surface area (TPSA) is 50.1 Å². The van der Waals surface area contributed by atoms with Crippen molar-refractivity contribution in [3.8, 4) is 22.9 Å². The highest BCUT2D eigenvalue weighted by molar-refractivity contribution is 5.83. The van der Waals surface area contributed by atoms with Crippen LogP contribution in [0.25, 0.3) is 11.1 Å². The number of rotatable bonds is 4. The Kier molecular flexibility index (Phi) is 5.80. The molecule has 0 saturated carbocycles. The van der Waals surface area contributed by atoms with E-state index in [0.29, 0.717) is 12.2 Å². The number of hydrogen-bond acceptors (Lipinski definition) is 3. The first-order valence-electron chi connectivity index (χ1n) is 9.28. The Labute approximate surface area is 163 Å². The minimum absolute atomic E-state index is 0.181. The van der Waals surface area contributed by atoms with Crippen molar-refractivity contribution in [1.29, 1.82) is 5.26 Å². The van der Waals surface area contributed by atoms with Crippen LogP contribution in [-0.2, 0) is 4.79 Å². The fourth-order valence-electron chi connectivity index (χ4n) is 3.23. The highest BCUT2D eigenvalue weighted by Crippen LogP contribution is 2.47. The minimum Gasteiger partial charge on any atom is -0.425 e. The van der Waals surface area contributed by atoms with Gasteiger partial charge in [0.1, 0.15) is 5.75 Å². The van der Waals surface area contributed by atoms with Crippen molar-refractivity contribution in [3.63, 3.8) is 0 Å². The number of hydrogen-bond donors (Lipinski definition) is 0. The quantitative estimate of drug-likeness (QED) is 0.476. The van der Waals surface area contributed by atoms with Crippen LogP contribution >= 0.6 is 0 Å². The van der Waals surface area contributed by atoms with Crippen molar-refractivity contribution in [1.82, 2.24) is 0 Å². The van der Waals surface area contributed by atoms with Crippen LogP contribution in [0, 0.1) is 27.6 Å². The first-order chi connectivity index (χ1) is 12.5. The molecule has 0 saturated heterocycles. The molecular formula is C24H29NO2. The molecule has 0 radical (unpaired) electrons. The third-order valence-corrected chi connectivity index (χ3v) is 4.79. The lowest BCUT2D eigenvalue weighted by Gasteiger charge is -2.40. The third kappa shape index (κ3) is 4.77. The van der Waals surface area contributed by atoms with Crippen LogP contribution in [0.2, 0.25) is 0 Å². The average Bonchev–Trinajstić information content (AvgIpc) is 2.59. The van der Waals surface area contributed by atoms with Gasteiger partial charge in [0.05, 0.1) is 6.07 Å². The zero-order valence-electron chi connectivity index (χ0n) is 17.2. The summed E-state index contributed by atoms with van der Waals surface area (Å²) in [5.41, 5.74) is 0.204. The van der Waals surface area contributed by atoms with Gasteiger partial charge in [-0.05, 0) is 40.5 Å². The smallest absolute Gasteiger partial charge is 0.332 e. The number of esters is 1. The summed E-state index contributed by atoms with van der Waals surface area (Å²) < 4.78 is 5.67. The van der Waals surface area contributed by atoms with E-state index >= 15 is 0 Å². The van der Waals surface area contributed by atoms with Gasteiger partial charge in [-0.2, -0.15) is 5.26 Å². The highest BCUT2D eigenvalue weighted by Gasteiger charge is 2.52. The van der Waals surface area contributed by atoms with Gasteiger partial charge in [-0.25, -0.2) is 4.79 Å². The number of ether oxygens (including phenoxy) is 1. The Morgan fingerprint density at radius 2 is 1.41 bits per heavy atom. The summed E-state index contributed by atoms with van der Waals surface area (Å²) in [5, 5.41) is 9.97. The predicted octanol–water partition coefficient (Wildman–Crippen LogP) is 6.25. The van der Waals surface area contributed by atoms with Gasteiger partial charge in [0.2, 0.25) is 0 Å². The molecule has 1 unspecified atom stereocenters. The van der Waals surface area contributed by atoms with Crippen LogP contribution in [-0.4, -0.2) is 5.97 Å². The molecule has 2 rings (SSSR count). The van der Waals surface area contributed by atoms with Crippen molar-refractivity contribution in [2.24, 2.45) is 16.2 Å². The number of benzene rings is 2. The van der Waals surface area contributed by atoms with E-state index in [0.717, 1.165) is 11.1 Å². The summed E-state index contributed by atoms with van der Waals surface area (Å²) in [6.45, 7) is 11.9. The highest BCUT2D eigenvalue weighted by atomic mass is 16.5. The lowest BCUT2D eigenvalue weighted by molar-refractivity contribution is -0.150. The van der Waals surface area contributed by atoms with Gasteiger partial charge in [-0.15, -0.1) is 0 Å². The van der Waals surface area contributed by atoms with Gasteiger partial charge in [0.15, 0.2) is 5.41 Å². The summed E-state index contributed by atoms with van der Waals surface area (Å²) in [4.78, 5) is 13.1. The molecule has 2 aromatic rings. The molecule has 1 atom stereocenters. The molecule has 0 amide bonds. The molecule has 0 fully saturated rings. The molecule has 2 aromatic carbocycles. The number of nitrogens with zero attached hydrogens (tertiary/aromatic N) is 1. The zero-order chi connectivity index (χ0) is 20.3. The average molecular weight is 364 g/mol. The van der Waals surface area contributed by atoms with E-state index in [1.165, 1.54) is 0 Å². The fraction of sp³-hybridized carbons (Fsp3) is 0.417. The van der Waals surface area contributed by atoms with Gasteiger partial charge in [-0.1, -0.05) is 84.0 Å². The van der Waals surface area contributed by atoms with E-state index in [1.807, 2.05) is 84.0 Å². The maximum Gasteiger partial charge on any atom is 0.332 e. The molecule has 3 heteroatoms. The summed E-state index contributed by atoms with van der Waals surface area (Å²) >= 11 is 0. The Morgan fingerprint density at radius 1 is 0.889 bits per heavy atom. The van der Waals surface area contributed by atoms with Gasteiger partial charge in [0, 0.05) is 0 Å². The zero-order valence-corrected chi connectivity index (χ0v) is 17.2. The second kappa shape index (κ2) is 7.56. The Bertz CT molecular complexity index is 818. The molecule has 0 aromatic heterocycles. The first-order valence-corrected chi connectivity index (χ1v) is 9.28. The van der Waals surface area contributed by atoms with Gasteiger partial charge >= 0.3 is 5.97 Å². The summed E-state index contributed by atoms with van der Waals surface area (Å²) in [6, 6.07) is 19.7. The largest absolute Gasteiger partial charge is 0.425 e. The van der Waals surface area contributed by atoms with E-state index in [4.69, 9.17) is 4.74 Å². The van der Waals surface area contributed by atoms with Crippen molar-refractivity contribution in [3.05, 3.63) is 54.6 Å². The standard InChI is InChI=1S/C24H29NO2/c1-22(2,3)16-24(17-25,23(4,5)6)21(26)27-20-14-12-19(13-15-20)18-10-8-7-9-11-18/h7-15H,16H2,1-6H3. The monoisotopic (exact) mass is 363 g/mol. The Balaban J connectivity index is 2.29. The van der Waals surface area contributed by atoms with Crippen molar-refractivity contribution in [2.75, 3.05) is 0 Å². The van der Waals surface area contributed by atoms with Crippen LogP contribution in [0.5, 0.6) is 5.75 Å². The molecule has 0 spiro atoms. The van der Waals surface area contributed by atoms with Gasteiger partial charge < -0.3 is 4.74 Å². The van der Waals surface area contributed by atoms with E-state index in [-0.39, 0.29) is 5.41 Å². The fourth-order valence-corrected chi connectivity index (χ4v) is 3.23. The molecule has 27 heavy (non-hydrogen) atoms. The van der Waals surface area contributed by atoms with Crippen molar-refractivity contribution in [2.45, 2.75) is 48.0 Å². The Morgan fingerprint density at radius 3 is 1.85 bits per heavy atom. The van der Waals surface area contributed by atoms with Crippen LogP contribution < -0.4 is 4.74 Å². The molecule has 0 aliphatic heterocycles. The van der Waals surface area contributed by atoms with Gasteiger partial charge in [-0.3, -0.25) is 0 Å². The number of carbonyl (C=O) groups excluding carboxylic acids is 1. The molecule has 0 N–H and O–H groups in total. The van der Waals surface area contributed by atoms with Crippen molar-refractivity contribution < 1.29 is 9.53 Å². The summed E-state index contributed by atoms with van der Waals surface area (Å²) in [6.07, 6.45) is 0.431. The molecule has 142 valence electrons. The number of carbonyl (C=O) groups is 1. The molecule has 3 nitrogen and oxygen atoms in total. The molecular weight excluding hydrogens is 334 g/mol. The number of nitriles is 1. The lowest BCUT2D eigenvalue weighted by Crippen LogP contribution is -2.46. The normalized spacial score (nSPS) is 14.1. The maximum atomic E-state index is 13.1. The van der Waals surface area contributed by atoms with Gasteiger partial charge in [0.25, 0.3) is 0 Å². The Hall–Kier alpha value is -2.60. The minimum atomic E-state index is -1.22. The summed E-state index contributed by atoms with van der Waals surface area (Å²) in [5.74, 6) is -0.0302. The van der Waals surface area contributed by atoms with Crippen LogP contribution in [0.3, 0.4) is 0 Å².